The Balaban J connectivity index is 0.00000400. The number of benzene rings is 4. The molecular weight excluding hydrogens is 750 g/mol. The molecule has 2 saturated carbocycles. The summed E-state index contributed by atoms with van der Waals surface area (Å²) in [5.74, 6) is 2.45. The molecule has 53 heavy (non-hydrogen) atoms. The fourth-order valence-electron chi connectivity index (χ4n) is 9.05. The number of para-hydroxylation sites is 1. The molecule has 0 unspecified atom stereocenters. The first kappa shape index (κ1) is 35.5. The monoisotopic (exact) mass is 792 g/mol. The van der Waals surface area contributed by atoms with Gasteiger partial charge in [0.05, 0.1) is 5.69 Å². The van der Waals surface area contributed by atoms with Crippen LogP contribution in [0.5, 0.6) is 11.5 Å². The molecule has 0 saturated heterocycles. The molecule has 0 radical (unpaired) electrons. The molecule has 0 N–H and O–H groups in total. The predicted molar refractivity (Wildman–Crippen MR) is 206 cm³/mol. The van der Waals surface area contributed by atoms with Gasteiger partial charge in [-0.1, -0.05) is 80.4 Å². The van der Waals surface area contributed by atoms with Crippen LogP contribution in [0, 0.1) is 31.8 Å². The molecule has 0 amide bonds. The van der Waals surface area contributed by atoms with Gasteiger partial charge < -0.3 is 9.30 Å². The van der Waals surface area contributed by atoms with E-state index in [1.807, 2.05) is 57.8 Å². The summed E-state index contributed by atoms with van der Waals surface area (Å²) in [6, 6.07) is 34.9. The average Bonchev–Trinajstić information content (AvgIpc) is 3.67. The van der Waals surface area contributed by atoms with Gasteiger partial charge in [-0.05, 0) is 91.3 Å². The van der Waals surface area contributed by atoms with Crippen LogP contribution in [0.4, 0.5) is 4.39 Å². The van der Waals surface area contributed by atoms with E-state index in [-0.39, 0.29) is 26.2 Å². The summed E-state index contributed by atoms with van der Waals surface area (Å²) in [5, 5.41) is 7.20. The topological polar surface area (TPSA) is 44.9 Å². The standard InChI is InChI=1S/C46H43FN4O.Pd/c1-30-45(46-38(32-13-5-3-6-14-32)20-12-21-39(46)33-15-7-4-8-16-33)31(2)51(49-30)35-17-11-18-36(28-35)52-37-23-24-41-40-19-9-10-22-42(40)50(43(41)29-37)44-27-34(47)25-26-48-44;/h9-12,17-27,32-33H,3-8,13-16H2,1-2H3;/q-2;+2. The van der Waals surface area contributed by atoms with Crippen molar-refractivity contribution in [1.82, 2.24) is 19.3 Å². The van der Waals surface area contributed by atoms with Crippen LogP contribution in [0.3, 0.4) is 0 Å². The van der Waals surface area contributed by atoms with Crippen LogP contribution in [0.1, 0.15) is 98.6 Å². The number of hydrogen-bond donors (Lipinski definition) is 0. The molecule has 7 aromatic rings. The number of aromatic nitrogens is 4. The molecule has 0 atom stereocenters. The molecule has 0 aliphatic heterocycles. The molecule has 0 spiro atoms. The van der Waals surface area contributed by atoms with Crippen LogP contribution in [-0.2, 0) is 20.4 Å². The third-order valence-electron chi connectivity index (χ3n) is 11.5. The summed E-state index contributed by atoms with van der Waals surface area (Å²) in [6.07, 6.45) is 14.5. The van der Waals surface area contributed by atoms with Crippen LogP contribution in [0.25, 0.3) is 44.4 Å². The zero-order valence-corrected chi connectivity index (χ0v) is 31.8. The first-order valence-electron chi connectivity index (χ1n) is 19.0. The van der Waals surface area contributed by atoms with Crippen molar-refractivity contribution in [2.75, 3.05) is 0 Å². The van der Waals surface area contributed by atoms with Crippen LogP contribution >= 0.6 is 0 Å². The van der Waals surface area contributed by atoms with E-state index < -0.39 is 0 Å². The van der Waals surface area contributed by atoms with E-state index in [0.717, 1.165) is 38.9 Å². The average molecular weight is 793 g/mol. The molecule has 2 aliphatic rings. The number of hydrogen-bond acceptors (Lipinski definition) is 3. The molecule has 5 nitrogen and oxygen atoms in total. The molecule has 4 aromatic carbocycles. The van der Waals surface area contributed by atoms with Gasteiger partial charge in [0.25, 0.3) is 0 Å². The Bertz CT molecular complexity index is 2380. The van der Waals surface area contributed by atoms with Crippen molar-refractivity contribution in [3.8, 4) is 34.1 Å². The van der Waals surface area contributed by atoms with Gasteiger partial charge in [0.2, 0.25) is 0 Å². The number of nitrogens with zero attached hydrogens (tertiary/aromatic N) is 4. The van der Waals surface area contributed by atoms with Gasteiger partial charge in [-0.25, -0.2) is 9.37 Å². The number of aryl methyl sites for hydroxylation is 1. The number of halogens is 1. The van der Waals surface area contributed by atoms with Gasteiger partial charge in [0.15, 0.2) is 0 Å². The maximum atomic E-state index is 14.4. The maximum Gasteiger partial charge on any atom is 2.00 e. The van der Waals surface area contributed by atoms with E-state index in [1.165, 1.54) is 105 Å². The van der Waals surface area contributed by atoms with Gasteiger partial charge >= 0.3 is 20.4 Å². The molecule has 7 heteroatoms. The van der Waals surface area contributed by atoms with Crippen molar-refractivity contribution < 1.29 is 29.6 Å². The number of rotatable bonds is 7. The van der Waals surface area contributed by atoms with E-state index in [4.69, 9.17) is 9.84 Å². The maximum absolute atomic E-state index is 14.4. The molecule has 3 heterocycles. The Morgan fingerprint density at radius 2 is 1.38 bits per heavy atom. The third-order valence-corrected chi connectivity index (χ3v) is 11.5. The first-order valence-corrected chi connectivity index (χ1v) is 19.0. The van der Waals surface area contributed by atoms with Crippen molar-refractivity contribution in [1.29, 1.82) is 0 Å². The summed E-state index contributed by atoms with van der Waals surface area (Å²) in [4.78, 5) is 4.49. The zero-order valence-electron chi connectivity index (χ0n) is 30.3. The molecule has 2 fully saturated rings. The van der Waals surface area contributed by atoms with Gasteiger partial charge in [0, 0.05) is 40.5 Å². The Hall–Kier alpha value is -4.57. The fourth-order valence-corrected chi connectivity index (χ4v) is 9.05. The fraction of sp³-hybridized carbons (Fsp3) is 0.304. The van der Waals surface area contributed by atoms with Gasteiger partial charge in [-0.15, -0.1) is 35.7 Å². The molecular formula is C46H43FN4OPd. The predicted octanol–water partition coefficient (Wildman–Crippen LogP) is 12.3. The second-order valence-corrected chi connectivity index (χ2v) is 14.7. The first-order chi connectivity index (χ1) is 25.5. The number of pyridine rings is 1. The Morgan fingerprint density at radius 3 is 2.09 bits per heavy atom. The third kappa shape index (κ3) is 6.64. The van der Waals surface area contributed by atoms with E-state index in [0.29, 0.717) is 29.2 Å². The Kier molecular flexibility index (Phi) is 10.1. The smallest absolute Gasteiger partial charge is 0.509 e. The Labute approximate surface area is 324 Å². The van der Waals surface area contributed by atoms with E-state index in [1.54, 1.807) is 0 Å². The molecule has 9 rings (SSSR count). The minimum atomic E-state index is -0.343. The van der Waals surface area contributed by atoms with Gasteiger partial charge in [0.1, 0.15) is 11.6 Å². The van der Waals surface area contributed by atoms with Crippen molar-refractivity contribution in [3.05, 3.63) is 132 Å². The van der Waals surface area contributed by atoms with Gasteiger partial charge in [-0.2, -0.15) is 17.2 Å². The molecule has 0 bridgehead atoms. The number of fused-ring (bicyclic) bond motifs is 3. The van der Waals surface area contributed by atoms with Crippen molar-refractivity contribution in [2.45, 2.75) is 89.9 Å². The number of ether oxygens (including phenoxy) is 1. The second kappa shape index (κ2) is 15.0. The van der Waals surface area contributed by atoms with Crippen LogP contribution in [0.15, 0.2) is 91.1 Å². The summed E-state index contributed by atoms with van der Waals surface area (Å²) in [7, 11) is 0. The summed E-state index contributed by atoms with van der Waals surface area (Å²) < 4.78 is 24.8. The van der Waals surface area contributed by atoms with E-state index in [9.17, 15) is 4.39 Å². The van der Waals surface area contributed by atoms with E-state index in [2.05, 4.69) is 55.2 Å². The zero-order chi connectivity index (χ0) is 35.2. The van der Waals surface area contributed by atoms with Crippen molar-refractivity contribution in [2.24, 2.45) is 0 Å². The normalized spacial score (nSPS) is 15.5. The van der Waals surface area contributed by atoms with Gasteiger partial charge in [-0.3, -0.25) is 4.68 Å². The van der Waals surface area contributed by atoms with Crippen LogP contribution < -0.4 is 4.74 Å². The summed E-state index contributed by atoms with van der Waals surface area (Å²) >= 11 is 0. The SMILES string of the molecule is Cc1nn(-c2[c-]c(Oc3[c-]c4c(cc3)c3ccccc3n4-c3cc(F)ccn3)ccc2)c(C)c1-c1c(C2CCCCC2)cccc1C1CCCCC1.[Pd+2]. The van der Waals surface area contributed by atoms with Crippen molar-refractivity contribution in [3.63, 3.8) is 0 Å². The van der Waals surface area contributed by atoms with E-state index >= 15 is 0 Å². The largest absolute Gasteiger partial charge is 2.00 e. The van der Waals surface area contributed by atoms with Crippen LogP contribution in [-0.4, -0.2) is 19.3 Å². The minimum absolute atomic E-state index is 0. The summed E-state index contributed by atoms with van der Waals surface area (Å²) in [6.45, 7) is 4.37. The molecule has 3 aromatic heterocycles. The van der Waals surface area contributed by atoms with Crippen LogP contribution in [0.2, 0.25) is 0 Å². The minimum Gasteiger partial charge on any atom is -0.509 e. The van der Waals surface area contributed by atoms with Crippen molar-refractivity contribution >= 4 is 21.8 Å². The Morgan fingerprint density at radius 1 is 0.698 bits per heavy atom. The molecule has 270 valence electrons. The molecule has 2 aliphatic carbocycles. The summed E-state index contributed by atoms with van der Waals surface area (Å²) in [5.41, 5.74) is 10.5. The quantitative estimate of drug-likeness (QED) is 0.119. The second-order valence-electron chi connectivity index (χ2n) is 14.7.